The van der Waals surface area contributed by atoms with Crippen LogP contribution < -0.4 is 15.0 Å². The van der Waals surface area contributed by atoms with Gasteiger partial charge in [0.1, 0.15) is 5.75 Å². The lowest BCUT2D eigenvalue weighted by molar-refractivity contribution is -0.121. The van der Waals surface area contributed by atoms with Gasteiger partial charge >= 0.3 is 0 Å². The summed E-state index contributed by atoms with van der Waals surface area (Å²) >= 11 is 0. The van der Waals surface area contributed by atoms with E-state index in [4.69, 9.17) is 9.47 Å². The van der Waals surface area contributed by atoms with E-state index in [9.17, 15) is 4.79 Å². The lowest BCUT2D eigenvalue weighted by Crippen LogP contribution is -2.41. The Balaban J connectivity index is 1.43. The molecule has 0 atom stereocenters. The van der Waals surface area contributed by atoms with E-state index in [1.165, 1.54) is 12.8 Å². The zero-order valence-corrected chi connectivity index (χ0v) is 13.8. The summed E-state index contributed by atoms with van der Waals surface area (Å²) < 4.78 is 10.9. The Bertz CT molecular complexity index is 527. The highest BCUT2D eigenvalue weighted by atomic mass is 16.5. The Morgan fingerprint density at radius 2 is 2.04 bits per heavy atom. The van der Waals surface area contributed by atoms with E-state index < -0.39 is 0 Å². The molecule has 5 heteroatoms. The zero-order chi connectivity index (χ0) is 16.1. The molecule has 1 aromatic rings. The van der Waals surface area contributed by atoms with Crippen molar-refractivity contribution in [2.45, 2.75) is 44.2 Å². The van der Waals surface area contributed by atoms with Gasteiger partial charge in [-0.25, -0.2) is 0 Å². The number of carbonyl (C=O) groups is 1. The van der Waals surface area contributed by atoms with Crippen LogP contribution in [0.5, 0.6) is 5.75 Å². The van der Waals surface area contributed by atoms with Crippen molar-refractivity contribution in [2.24, 2.45) is 0 Å². The minimum atomic E-state index is 0.0457. The predicted molar refractivity (Wildman–Crippen MR) is 90.0 cm³/mol. The van der Waals surface area contributed by atoms with Crippen molar-refractivity contribution in [1.82, 2.24) is 5.32 Å². The van der Waals surface area contributed by atoms with Crippen LogP contribution in [-0.4, -0.2) is 44.9 Å². The molecule has 1 heterocycles. The van der Waals surface area contributed by atoms with Crippen molar-refractivity contribution in [3.8, 4) is 5.75 Å². The molecule has 3 rings (SSSR count). The quantitative estimate of drug-likeness (QED) is 0.818. The minimum absolute atomic E-state index is 0.0457. The fourth-order valence-corrected chi connectivity index (χ4v) is 3.45. The molecule has 0 radical (unpaired) electrons. The van der Waals surface area contributed by atoms with Crippen LogP contribution in [0.2, 0.25) is 0 Å². The number of amides is 1. The van der Waals surface area contributed by atoms with E-state index in [1.54, 1.807) is 7.11 Å². The number of nitrogens with one attached hydrogen (secondary N) is 1. The Kier molecular flexibility index (Phi) is 5.51. The molecule has 1 amide bonds. The van der Waals surface area contributed by atoms with E-state index in [1.807, 2.05) is 29.2 Å². The first-order valence-electron chi connectivity index (χ1n) is 8.56. The monoisotopic (exact) mass is 318 g/mol. The third-order valence-corrected chi connectivity index (χ3v) is 4.81. The maximum atomic E-state index is 12.1. The summed E-state index contributed by atoms with van der Waals surface area (Å²) in [7, 11) is 1.80. The second-order valence-corrected chi connectivity index (χ2v) is 6.32. The Hall–Kier alpha value is -1.59. The van der Waals surface area contributed by atoms with Crippen LogP contribution in [0.15, 0.2) is 24.3 Å². The maximum Gasteiger partial charge on any atom is 0.265 e. The average molecular weight is 318 g/mol. The van der Waals surface area contributed by atoms with Crippen LogP contribution in [0.4, 0.5) is 5.69 Å². The molecule has 1 aliphatic carbocycles. The van der Waals surface area contributed by atoms with Gasteiger partial charge in [-0.3, -0.25) is 4.79 Å². The third kappa shape index (κ3) is 4.03. The van der Waals surface area contributed by atoms with Crippen molar-refractivity contribution in [3.63, 3.8) is 0 Å². The van der Waals surface area contributed by atoms with Gasteiger partial charge in [-0.15, -0.1) is 0 Å². The van der Waals surface area contributed by atoms with Crippen LogP contribution in [-0.2, 0) is 9.53 Å². The molecule has 0 aromatic heterocycles. The van der Waals surface area contributed by atoms with Crippen LogP contribution in [0.3, 0.4) is 0 Å². The van der Waals surface area contributed by atoms with Gasteiger partial charge < -0.3 is 19.7 Å². The van der Waals surface area contributed by atoms with Gasteiger partial charge in [-0.05, 0) is 50.8 Å². The second kappa shape index (κ2) is 7.79. The first kappa shape index (κ1) is 16.3. The molecule has 0 bridgehead atoms. The molecule has 126 valence electrons. The average Bonchev–Trinajstić information content (AvgIpc) is 2.60. The lowest BCUT2D eigenvalue weighted by atomic mass is 9.93. The molecule has 23 heavy (non-hydrogen) atoms. The summed E-state index contributed by atoms with van der Waals surface area (Å²) in [6.07, 6.45) is 6.03. The highest BCUT2D eigenvalue weighted by molar-refractivity contribution is 5.97. The number of hydrogen-bond acceptors (Lipinski definition) is 4. The van der Waals surface area contributed by atoms with Gasteiger partial charge in [-0.2, -0.15) is 0 Å². The summed E-state index contributed by atoms with van der Waals surface area (Å²) in [4.78, 5) is 13.9. The maximum absolute atomic E-state index is 12.1. The summed E-state index contributed by atoms with van der Waals surface area (Å²) in [5.74, 6) is 0.849. The van der Waals surface area contributed by atoms with E-state index in [0.717, 1.165) is 43.8 Å². The second-order valence-electron chi connectivity index (χ2n) is 6.32. The third-order valence-electron chi connectivity index (χ3n) is 4.81. The molecule has 2 aliphatic rings. The summed E-state index contributed by atoms with van der Waals surface area (Å²) in [6.45, 7) is 1.82. The largest absolute Gasteiger partial charge is 0.482 e. The van der Waals surface area contributed by atoms with Crippen LogP contribution in [0, 0.1) is 0 Å². The number of rotatable bonds is 6. The molecule has 1 fully saturated rings. The van der Waals surface area contributed by atoms with Crippen LogP contribution in [0.25, 0.3) is 0 Å². The number of para-hydroxylation sites is 2. The fraction of sp³-hybridized carbons (Fsp3) is 0.611. The van der Waals surface area contributed by atoms with Gasteiger partial charge in [-0.1, -0.05) is 12.1 Å². The van der Waals surface area contributed by atoms with Crippen molar-refractivity contribution >= 4 is 11.6 Å². The zero-order valence-electron chi connectivity index (χ0n) is 13.8. The Morgan fingerprint density at radius 3 is 2.83 bits per heavy atom. The molecule has 5 nitrogen and oxygen atoms in total. The van der Waals surface area contributed by atoms with Crippen molar-refractivity contribution in [2.75, 3.05) is 31.7 Å². The highest BCUT2D eigenvalue weighted by Gasteiger charge is 2.25. The number of ether oxygens (including phenoxy) is 2. The lowest BCUT2D eigenvalue weighted by Gasteiger charge is -2.30. The number of carbonyl (C=O) groups excluding carboxylic acids is 1. The van der Waals surface area contributed by atoms with E-state index in [0.29, 0.717) is 12.1 Å². The van der Waals surface area contributed by atoms with Crippen molar-refractivity contribution in [1.29, 1.82) is 0 Å². The number of anilines is 1. The molecule has 0 unspecified atom stereocenters. The predicted octanol–water partition coefficient (Wildman–Crippen LogP) is 2.35. The number of fused-ring (bicyclic) bond motifs is 1. The van der Waals surface area contributed by atoms with Gasteiger partial charge in [0.15, 0.2) is 6.61 Å². The minimum Gasteiger partial charge on any atom is -0.482 e. The molecular weight excluding hydrogens is 292 g/mol. The number of nitrogens with zero attached hydrogens (tertiary/aromatic N) is 1. The first-order valence-corrected chi connectivity index (χ1v) is 8.56. The first-order chi connectivity index (χ1) is 11.3. The van der Waals surface area contributed by atoms with Gasteiger partial charge in [0.2, 0.25) is 0 Å². The highest BCUT2D eigenvalue weighted by Crippen LogP contribution is 2.31. The molecule has 1 aromatic carbocycles. The summed E-state index contributed by atoms with van der Waals surface area (Å²) in [5, 5.41) is 3.62. The van der Waals surface area contributed by atoms with Gasteiger partial charge in [0.05, 0.1) is 11.8 Å². The van der Waals surface area contributed by atoms with E-state index in [-0.39, 0.29) is 12.5 Å². The van der Waals surface area contributed by atoms with Crippen molar-refractivity contribution < 1.29 is 14.3 Å². The Morgan fingerprint density at radius 1 is 1.26 bits per heavy atom. The van der Waals surface area contributed by atoms with E-state index in [2.05, 4.69) is 5.32 Å². The SMILES string of the molecule is COC1CCC(NCCCN2C(=O)COc3ccccc32)CC1. The standard InChI is InChI=1S/C18H26N2O3/c1-22-15-9-7-14(8-10-15)19-11-4-12-20-16-5-2-3-6-17(16)23-13-18(20)21/h2-3,5-6,14-15,19H,4,7-13H2,1H3. The van der Waals surface area contributed by atoms with Crippen molar-refractivity contribution in [3.05, 3.63) is 24.3 Å². The molecule has 1 aliphatic heterocycles. The smallest absolute Gasteiger partial charge is 0.265 e. The van der Waals surface area contributed by atoms with E-state index >= 15 is 0 Å². The number of methoxy groups -OCH3 is 1. The molecule has 0 spiro atoms. The summed E-state index contributed by atoms with van der Waals surface area (Å²) in [5.41, 5.74) is 0.893. The van der Waals surface area contributed by atoms with Gasteiger partial charge in [0, 0.05) is 19.7 Å². The molecule has 1 saturated carbocycles. The normalized spacial score (nSPS) is 24.2. The van der Waals surface area contributed by atoms with Crippen LogP contribution in [0.1, 0.15) is 32.1 Å². The Labute approximate surface area is 137 Å². The molecule has 1 N–H and O–H groups in total. The van der Waals surface area contributed by atoms with Crippen LogP contribution >= 0.6 is 0 Å². The molecule has 0 saturated heterocycles. The number of hydrogen-bond donors (Lipinski definition) is 1. The fourth-order valence-electron chi connectivity index (χ4n) is 3.45. The van der Waals surface area contributed by atoms with Gasteiger partial charge in [0.25, 0.3) is 5.91 Å². The topological polar surface area (TPSA) is 50.8 Å². The number of benzene rings is 1. The molecular formula is C18H26N2O3. The summed E-state index contributed by atoms with van der Waals surface area (Å²) in [6, 6.07) is 8.34.